The molecule has 0 saturated heterocycles. The first-order chi connectivity index (χ1) is 8.20. The van der Waals surface area contributed by atoms with Gasteiger partial charge in [0.05, 0.1) is 12.8 Å². The van der Waals surface area contributed by atoms with Crippen molar-refractivity contribution in [1.29, 1.82) is 0 Å². The van der Waals surface area contributed by atoms with Gasteiger partial charge in [-0.3, -0.25) is 9.63 Å². The van der Waals surface area contributed by atoms with E-state index >= 15 is 0 Å². The lowest BCUT2D eigenvalue weighted by molar-refractivity contribution is 0.414. The van der Waals surface area contributed by atoms with Crippen LogP contribution in [0.5, 0.6) is 5.75 Å². The quantitative estimate of drug-likeness (QED) is 0.875. The number of aromatic nitrogens is 3. The van der Waals surface area contributed by atoms with Gasteiger partial charge in [0.15, 0.2) is 0 Å². The van der Waals surface area contributed by atoms with Crippen LogP contribution >= 0.6 is 0 Å². The highest BCUT2D eigenvalue weighted by atomic mass is 32.2. The van der Waals surface area contributed by atoms with Crippen molar-refractivity contribution in [2.24, 2.45) is 0 Å². The molecule has 1 atom stereocenters. The summed E-state index contributed by atoms with van der Waals surface area (Å²) in [6, 6.07) is 5.30. The van der Waals surface area contributed by atoms with Crippen molar-refractivity contribution >= 4 is 16.5 Å². The maximum Gasteiger partial charge on any atom is 0.145 e. The van der Waals surface area contributed by atoms with Gasteiger partial charge in [0, 0.05) is 22.0 Å². The molecule has 1 aromatic carbocycles. The molecule has 90 valence electrons. The highest BCUT2D eigenvalue weighted by molar-refractivity contribution is 7.84. The molecule has 1 N–H and O–H groups in total. The topological polar surface area (TPSA) is 69.0 Å². The van der Waals surface area contributed by atoms with E-state index in [4.69, 9.17) is 4.74 Å². The second kappa shape index (κ2) is 4.96. The number of rotatable bonds is 4. The van der Waals surface area contributed by atoms with Gasteiger partial charge >= 0.3 is 0 Å². The first kappa shape index (κ1) is 11.6. The van der Waals surface area contributed by atoms with Crippen LogP contribution in [0.25, 0.3) is 0 Å². The summed E-state index contributed by atoms with van der Waals surface area (Å²) >= 11 is 0. The molecule has 0 aliphatic carbocycles. The van der Waals surface area contributed by atoms with E-state index in [0.717, 1.165) is 5.69 Å². The van der Waals surface area contributed by atoms with E-state index in [9.17, 15) is 4.21 Å². The van der Waals surface area contributed by atoms with Crippen LogP contribution in [-0.2, 0) is 10.8 Å². The van der Waals surface area contributed by atoms with Crippen LogP contribution in [0.3, 0.4) is 0 Å². The lowest BCUT2D eigenvalue weighted by Gasteiger charge is -2.11. The second-order valence-electron chi connectivity index (χ2n) is 3.27. The Hall–Kier alpha value is -1.89. The smallest absolute Gasteiger partial charge is 0.145 e. The highest BCUT2D eigenvalue weighted by Gasteiger charge is 2.06. The van der Waals surface area contributed by atoms with Crippen LogP contribution in [0, 0.1) is 0 Å². The van der Waals surface area contributed by atoms with E-state index in [0.29, 0.717) is 10.6 Å². The molecule has 0 aliphatic rings. The molecule has 17 heavy (non-hydrogen) atoms. The first-order valence-corrected chi connectivity index (χ1v) is 6.39. The van der Waals surface area contributed by atoms with Gasteiger partial charge in [0.2, 0.25) is 0 Å². The maximum absolute atomic E-state index is 11.3. The zero-order valence-electron chi connectivity index (χ0n) is 9.45. The molecule has 7 heteroatoms. The molecule has 2 rings (SSSR count). The Kier molecular flexibility index (Phi) is 3.38. The van der Waals surface area contributed by atoms with E-state index in [1.807, 2.05) is 0 Å². The van der Waals surface area contributed by atoms with Crippen molar-refractivity contribution in [2.45, 2.75) is 4.90 Å². The van der Waals surface area contributed by atoms with Crippen LogP contribution in [-0.4, -0.2) is 32.4 Å². The number of methoxy groups -OCH3 is 1. The molecule has 0 aliphatic heterocycles. The molecule has 1 heterocycles. The average Bonchev–Trinajstić information content (AvgIpc) is 2.82. The number of benzene rings is 1. The van der Waals surface area contributed by atoms with Gasteiger partial charge in [-0.2, -0.15) is 4.79 Å². The summed E-state index contributed by atoms with van der Waals surface area (Å²) in [5.74, 6) is 0.605. The van der Waals surface area contributed by atoms with Crippen molar-refractivity contribution in [2.75, 3.05) is 18.8 Å². The fourth-order valence-electron chi connectivity index (χ4n) is 1.33. The maximum atomic E-state index is 11.3. The minimum Gasteiger partial charge on any atom is -0.494 e. The molecule has 1 unspecified atom stereocenters. The van der Waals surface area contributed by atoms with Gasteiger partial charge in [-0.05, 0) is 18.2 Å². The molecule has 6 nitrogen and oxygen atoms in total. The zero-order chi connectivity index (χ0) is 12.3. The van der Waals surface area contributed by atoms with E-state index in [-0.39, 0.29) is 0 Å². The Morgan fingerprint density at radius 3 is 2.88 bits per heavy atom. The van der Waals surface area contributed by atoms with E-state index in [1.165, 1.54) is 17.4 Å². The van der Waals surface area contributed by atoms with Crippen molar-refractivity contribution in [3.05, 3.63) is 30.9 Å². The highest BCUT2D eigenvalue weighted by Crippen LogP contribution is 2.26. The van der Waals surface area contributed by atoms with E-state index < -0.39 is 10.8 Å². The SMILES string of the molecule is COc1cc(S(C)=O)ccc1Nn1cncn1. The first-order valence-electron chi connectivity index (χ1n) is 4.84. The Morgan fingerprint density at radius 2 is 2.29 bits per heavy atom. The standard InChI is InChI=1S/C10H12N4O2S/c1-16-10-5-8(17(2)15)3-4-9(10)13-14-7-11-6-12-14/h3-7,13H,1-2H3. The number of hydrogen-bond donors (Lipinski definition) is 1. The molecular formula is C10H12N4O2S. The van der Waals surface area contributed by atoms with Crippen LogP contribution in [0.2, 0.25) is 0 Å². The summed E-state index contributed by atoms with van der Waals surface area (Å²) < 4.78 is 16.6. The van der Waals surface area contributed by atoms with Gasteiger partial charge in [-0.15, -0.1) is 5.10 Å². The Morgan fingerprint density at radius 1 is 1.47 bits per heavy atom. The number of ether oxygens (including phenoxy) is 1. The average molecular weight is 252 g/mol. The summed E-state index contributed by atoms with van der Waals surface area (Å²) in [6.07, 6.45) is 4.58. The predicted molar refractivity (Wildman–Crippen MR) is 64.4 cm³/mol. The third kappa shape index (κ3) is 2.62. The van der Waals surface area contributed by atoms with E-state index in [2.05, 4.69) is 15.5 Å². The molecule has 0 spiro atoms. The van der Waals surface area contributed by atoms with Crippen molar-refractivity contribution in [3.63, 3.8) is 0 Å². The number of nitrogens with one attached hydrogen (secondary N) is 1. The Bertz CT molecular complexity index is 527. The van der Waals surface area contributed by atoms with Crippen molar-refractivity contribution < 1.29 is 8.95 Å². The third-order valence-corrected chi connectivity index (χ3v) is 3.08. The summed E-state index contributed by atoms with van der Waals surface area (Å²) in [5.41, 5.74) is 3.72. The molecule has 0 fully saturated rings. The lowest BCUT2D eigenvalue weighted by Crippen LogP contribution is -2.10. The zero-order valence-corrected chi connectivity index (χ0v) is 10.3. The van der Waals surface area contributed by atoms with Crippen molar-refractivity contribution in [1.82, 2.24) is 14.9 Å². The van der Waals surface area contributed by atoms with E-state index in [1.54, 1.807) is 31.6 Å². The lowest BCUT2D eigenvalue weighted by atomic mass is 10.3. The Balaban J connectivity index is 2.31. The van der Waals surface area contributed by atoms with Gasteiger partial charge in [-0.25, -0.2) is 4.98 Å². The molecular weight excluding hydrogens is 240 g/mol. The van der Waals surface area contributed by atoms with Crippen LogP contribution < -0.4 is 10.2 Å². The monoisotopic (exact) mass is 252 g/mol. The number of nitrogens with zero attached hydrogens (tertiary/aromatic N) is 3. The molecule has 0 bridgehead atoms. The van der Waals surface area contributed by atoms with Crippen molar-refractivity contribution in [3.8, 4) is 5.75 Å². The van der Waals surface area contributed by atoms with Gasteiger partial charge < -0.3 is 4.74 Å². The predicted octanol–water partition coefficient (Wildman–Crippen LogP) is 0.899. The van der Waals surface area contributed by atoms with Gasteiger partial charge in [0.1, 0.15) is 18.4 Å². The summed E-state index contributed by atoms with van der Waals surface area (Å²) in [4.78, 5) is 5.99. The third-order valence-electron chi connectivity index (χ3n) is 2.16. The molecule has 0 amide bonds. The van der Waals surface area contributed by atoms with Gasteiger partial charge in [0.25, 0.3) is 0 Å². The number of anilines is 1. The number of hydrogen-bond acceptors (Lipinski definition) is 5. The summed E-state index contributed by atoms with van der Waals surface area (Å²) in [5, 5.41) is 3.92. The molecule has 1 aromatic heterocycles. The Labute approximate surface area is 101 Å². The van der Waals surface area contributed by atoms with Crippen LogP contribution in [0.4, 0.5) is 5.69 Å². The summed E-state index contributed by atoms with van der Waals surface area (Å²) in [7, 11) is 0.529. The minimum absolute atomic E-state index is 0.605. The van der Waals surface area contributed by atoms with Crippen LogP contribution in [0.1, 0.15) is 0 Å². The second-order valence-corrected chi connectivity index (χ2v) is 4.65. The fourth-order valence-corrected chi connectivity index (χ4v) is 1.86. The minimum atomic E-state index is -1.03. The molecule has 0 radical (unpaired) electrons. The molecule has 0 saturated carbocycles. The normalized spacial score (nSPS) is 12.1. The largest absolute Gasteiger partial charge is 0.494 e. The fraction of sp³-hybridized carbons (Fsp3) is 0.200. The molecule has 2 aromatic rings. The van der Waals surface area contributed by atoms with Crippen LogP contribution in [0.15, 0.2) is 35.7 Å². The summed E-state index contributed by atoms with van der Waals surface area (Å²) in [6.45, 7) is 0. The van der Waals surface area contributed by atoms with Gasteiger partial charge in [-0.1, -0.05) is 0 Å².